The van der Waals surface area contributed by atoms with Gasteiger partial charge >= 0.3 is 0 Å². The molecular formula is C27H29N. The summed E-state index contributed by atoms with van der Waals surface area (Å²) in [7, 11) is 4.17. The van der Waals surface area contributed by atoms with Crippen molar-refractivity contribution in [2.24, 2.45) is 0 Å². The molecule has 0 heterocycles. The van der Waals surface area contributed by atoms with Gasteiger partial charge in [0, 0.05) is 6.54 Å². The van der Waals surface area contributed by atoms with Gasteiger partial charge in [-0.2, -0.15) is 0 Å². The van der Waals surface area contributed by atoms with Gasteiger partial charge in [-0.3, -0.25) is 0 Å². The largest absolute Gasteiger partial charge is 0.306 e. The smallest absolute Gasteiger partial charge is 0.0160 e. The molecule has 3 rings (SSSR count). The average molecular weight is 368 g/mol. The monoisotopic (exact) mass is 367 g/mol. The quantitative estimate of drug-likeness (QED) is 0.424. The van der Waals surface area contributed by atoms with Crippen LogP contribution in [0.1, 0.15) is 35.6 Å². The van der Waals surface area contributed by atoms with Crippen molar-refractivity contribution in [1.82, 2.24) is 4.90 Å². The SMILES string of the molecule is CC/C(=C(\c1ccccc1)c1ccc(/C=C/CN(C)C)cc1)c1ccccc1. The summed E-state index contributed by atoms with van der Waals surface area (Å²) in [4.78, 5) is 2.16. The fourth-order valence-electron chi connectivity index (χ4n) is 3.45. The minimum absolute atomic E-state index is 0.949. The minimum atomic E-state index is 0.949. The van der Waals surface area contributed by atoms with Crippen LogP contribution in [0.25, 0.3) is 17.2 Å². The van der Waals surface area contributed by atoms with E-state index in [0.717, 1.165) is 13.0 Å². The predicted molar refractivity (Wildman–Crippen MR) is 123 cm³/mol. The minimum Gasteiger partial charge on any atom is -0.306 e. The summed E-state index contributed by atoms with van der Waals surface area (Å²) in [5.41, 5.74) is 7.74. The molecular weight excluding hydrogens is 338 g/mol. The Labute approximate surface area is 169 Å². The molecule has 142 valence electrons. The average Bonchev–Trinajstić information content (AvgIpc) is 2.73. The zero-order valence-corrected chi connectivity index (χ0v) is 17.1. The van der Waals surface area contributed by atoms with Gasteiger partial charge in [0.2, 0.25) is 0 Å². The summed E-state index contributed by atoms with van der Waals surface area (Å²) in [5, 5.41) is 0. The Balaban J connectivity index is 2.06. The van der Waals surface area contributed by atoms with Crippen molar-refractivity contribution in [1.29, 1.82) is 0 Å². The van der Waals surface area contributed by atoms with E-state index in [1.54, 1.807) is 0 Å². The maximum Gasteiger partial charge on any atom is 0.0160 e. The van der Waals surface area contributed by atoms with Gasteiger partial charge in [-0.05, 0) is 53.9 Å². The molecule has 0 atom stereocenters. The Hall–Kier alpha value is -2.90. The van der Waals surface area contributed by atoms with Gasteiger partial charge in [0.1, 0.15) is 0 Å². The molecule has 3 aromatic rings. The third kappa shape index (κ3) is 5.09. The third-order valence-electron chi connectivity index (χ3n) is 4.82. The van der Waals surface area contributed by atoms with Crippen molar-refractivity contribution >= 4 is 17.2 Å². The summed E-state index contributed by atoms with van der Waals surface area (Å²) in [6.45, 7) is 3.19. The molecule has 0 fully saturated rings. The Morgan fingerprint density at radius 3 is 1.79 bits per heavy atom. The lowest BCUT2D eigenvalue weighted by molar-refractivity contribution is 0.457. The first kappa shape index (κ1) is 19.9. The van der Waals surface area contributed by atoms with Crippen molar-refractivity contribution in [2.45, 2.75) is 13.3 Å². The molecule has 0 spiro atoms. The number of benzene rings is 3. The van der Waals surface area contributed by atoms with E-state index in [-0.39, 0.29) is 0 Å². The Morgan fingerprint density at radius 1 is 0.714 bits per heavy atom. The second-order valence-electron chi connectivity index (χ2n) is 7.23. The van der Waals surface area contributed by atoms with Gasteiger partial charge in [0.15, 0.2) is 0 Å². The summed E-state index contributed by atoms with van der Waals surface area (Å²) < 4.78 is 0. The van der Waals surface area contributed by atoms with E-state index in [1.165, 1.54) is 33.4 Å². The fraction of sp³-hybridized carbons (Fsp3) is 0.185. The first-order valence-corrected chi connectivity index (χ1v) is 9.94. The van der Waals surface area contributed by atoms with Crippen molar-refractivity contribution in [3.63, 3.8) is 0 Å². The fourth-order valence-corrected chi connectivity index (χ4v) is 3.45. The Morgan fingerprint density at radius 2 is 1.25 bits per heavy atom. The molecule has 3 aromatic carbocycles. The maximum atomic E-state index is 2.25. The lowest BCUT2D eigenvalue weighted by atomic mass is 9.88. The van der Waals surface area contributed by atoms with Crippen LogP contribution in [0.5, 0.6) is 0 Å². The van der Waals surface area contributed by atoms with Crippen LogP contribution in [-0.4, -0.2) is 25.5 Å². The highest BCUT2D eigenvalue weighted by atomic mass is 15.0. The van der Waals surface area contributed by atoms with Gasteiger partial charge in [-0.1, -0.05) is 104 Å². The topological polar surface area (TPSA) is 3.24 Å². The molecule has 0 aromatic heterocycles. The van der Waals surface area contributed by atoms with Crippen LogP contribution in [-0.2, 0) is 0 Å². The molecule has 0 N–H and O–H groups in total. The zero-order valence-electron chi connectivity index (χ0n) is 17.1. The summed E-state index contributed by atoms with van der Waals surface area (Å²) in [5.74, 6) is 0. The number of allylic oxidation sites excluding steroid dienone is 1. The van der Waals surface area contributed by atoms with E-state index in [9.17, 15) is 0 Å². The van der Waals surface area contributed by atoms with E-state index in [2.05, 4.69) is 123 Å². The summed E-state index contributed by atoms with van der Waals surface area (Å²) in [6.07, 6.45) is 5.37. The highest BCUT2D eigenvalue weighted by Crippen LogP contribution is 2.34. The summed E-state index contributed by atoms with van der Waals surface area (Å²) >= 11 is 0. The molecule has 1 nitrogen and oxygen atoms in total. The second kappa shape index (κ2) is 9.87. The summed E-state index contributed by atoms with van der Waals surface area (Å²) in [6, 6.07) is 30.4. The molecule has 0 bridgehead atoms. The standard InChI is InChI=1S/C27H29N/c1-4-26(23-13-7-5-8-14-23)27(24-15-9-6-10-16-24)25-19-17-22(18-20-25)12-11-21-28(2)3/h5-20H,4,21H2,1-3H3/b12-11+,27-26-. The van der Waals surface area contributed by atoms with Crippen LogP contribution in [0, 0.1) is 0 Å². The number of nitrogens with zero attached hydrogens (tertiary/aromatic N) is 1. The van der Waals surface area contributed by atoms with E-state index in [1.807, 2.05) is 0 Å². The number of hydrogen-bond donors (Lipinski definition) is 0. The van der Waals surface area contributed by atoms with Crippen molar-refractivity contribution in [3.05, 3.63) is 113 Å². The highest BCUT2D eigenvalue weighted by Gasteiger charge is 2.12. The lowest BCUT2D eigenvalue weighted by Gasteiger charge is -2.16. The lowest BCUT2D eigenvalue weighted by Crippen LogP contribution is -2.10. The van der Waals surface area contributed by atoms with Gasteiger partial charge < -0.3 is 4.90 Å². The van der Waals surface area contributed by atoms with E-state index < -0.39 is 0 Å². The normalized spacial score (nSPS) is 12.4. The van der Waals surface area contributed by atoms with Crippen LogP contribution >= 0.6 is 0 Å². The van der Waals surface area contributed by atoms with Crippen LogP contribution < -0.4 is 0 Å². The van der Waals surface area contributed by atoms with Gasteiger partial charge in [0.25, 0.3) is 0 Å². The molecule has 0 saturated carbocycles. The maximum absolute atomic E-state index is 2.25. The van der Waals surface area contributed by atoms with Crippen LogP contribution in [0.4, 0.5) is 0 Å². The van der Waals surface area contributed by atoms with Crippen LogP contribution in [0.3, 0.4) is 0 Å². The predicted octanol–water partition coefficient (Wildman–Crippen LogP) is 6.63. The van der Waals surface area contributed by atoms with Crippen LogP contribution in [0.15, 0.2) is 91.0 Å². The highest BCUT2D eigenvalue weighted by molar-refractivity contribution is 5.98. The molecule has 0 radical (unpaired) electrons. The van der Waals surface area contributed by atoms with Crippen LogP contribution in [0.2, 0.25) is 0 Å². The molecule has 0 aliphatic rings. The first-order valence-electron chi connectivity index (χ1n) is 9.94. The second-order valence-corrected chi connectivity index (χ2v) is 7.23. The Bertz CT molecular complexity index is 917. The zero-order chi connectivity index (χ0) is 19.8. The molecule has 0 saturated heterocycles. The molecule has 1 heteroatoms. The molecule has 28 heavy (non-hydrogen) atoms. The van der Waals surface area contributed by atoms with Crippen molar-refractivity contribution in [3.8, 4) is 0 Å². The third-order valence-corrected chi connectivity index (χ3v) is 4.82. The first-order chi connectivity index (χ1) is 13.7. The van der Waals surface area contributed by atoms with Crippen molar-refractivity contribution < 1.29 is 0 Å². The van der Waals surface area contributed by atoms with E-state index >= 15 is 0 Å². The van der Waals surface area contributed by atoms with E-state index in [4.69, 9.17) is 0 Å². The molecule has 0 aliphatic carbocycles. The van der Waals surface area contributed by atoms with Crippen molar-refractivity contribution in [2.75, 3.05) is 20.6 Å². The number of rotatable bonds is 7. The van der Waals surface area contributed by atoms with Gasteiger partial charge in [-0.15, -0.1) is 0 Å². The molecule has 0 aliphatic heterocycles. The molecule has 0 unspecified atom stereocenters. The Kier molecular flexibility index (Phi) is 7.00. The van der Waals surface area contributed by atoms with Gasteiger partial charge in [-0.25, -0.2) is 0 Å². The van der Waals surface area contributed by atoms with E-state index in [0.29, 0.717) is 0 Å². The van der Waals surface area contributed by atoms with Gasteiger partial charge in [0.05, 0.1) is 0 Å². The number of likely N-dealkylation sites (N-methyl/N-ethyl adjacent to an activating group) is 1. The number of hydrogen-bond acceptors (Lipinski definition) is 1. The molecule has 0 amide bonds.